The Morgan fingerprint density at radius 2 is 1.94 bits per heavy atom. The van der Waals surface area contributed by atoms with E-state index in [1.165, 1.54) is 33.3 Å². The molecular weight excluding hydrogens is 196 g/mol. The van der Waals surface area contributed by atoms with Crippen molar-refractivity contribution in [3.63, 3.8) is 0 Å². The van der Waals surface area contributed by atoms with E-state index >= 15 is 0 Å². The summed E-state index contributed by atoms with van der Waals surface area (Å²) in [7, 11) is 0. The van der Waals surface area contributed by atoms with Crippen LogP contribution in [0.4, 0.5) is 0 Å². The van der Waals surface area contributed by atoms with Gasteiger partial charge in [-0.1, -0.05) is 11.6 Å². The number of hydrogen-bond donors (Lipinski definition) is 2. The Balaban J connectivity index is 2.59. The van der Waals surface area contributed by atoms with Crippen molar-refractivity contribution >= 4 is 10.9 Å². The van der Waals surface area contributed by atoms with Crippen molar-refractivity contribution in [2.24, 2.45) is 5.73 Å². The number of hydrogen-bond acceptors (Lipinski definition) is 1. The predicted octanol–water partition coefficient (Wildman–Crippen LogP) is 2.98. The zero-order chi connectivity index (χ0) is 11.7. The van der Waals surface area contributed by atoms with Crippen LogP contribution >= 0.6 is 0 Å². The summed E-state index contributed by atoms with van der Waals surface area (Å²) < 4.78 is 0. The van der Waals surface area contributed by atoms with Crippen molar-refractivity contribution in [1.82, 2.24) is 4.98 Å². The van der Waals surface area contributed by atoms with Gasteiger partial charge in [0.25, 0.3) is 0 Å². The first kappa shape index (κ1) is 11.2. The molecule has 0 spiro atoms. The number of benzene rings is 1. The van der Waals surface area contributed by atoms with E-state index in [0.717, 1.165) is 19.4 Å². The van der Waals surface area contributed by atoms with Crippen LogP contribution in [-0.4, -0.2) is 11.5 Å². The van der Waals surface area contributed by atoms with Crippen LogP contribution < -0.4 is 5.73 Å². The number of fused-ring (bicyclic) bond motifs is 1. The normalized spacial score (nSPS) is 11.2. The Morgan fingerprint density at radius 3 is 2.62 bits per heavy atom. The molecule has 0 unspecified atom stereocenters. The topological polar surface area (TPSA) is 41.8 Å². The fraction of sp³-hybridized carbons (Fsp3) is 0.429. The minimum absolute atomic E-state index is 0.761. The van der Waals surface area contributed by atoms with Crippen LogP contribution in [-0.2, 0) is 6.42 Å². The molecule has 0 aliphatic heterocycles. The van der Waals surface area contributed by atoms with Crippen molar-refractivity contribution in [3.05, 3.63) is 34.5 Å². The van der Waals surface area contributed by atoms with Gasteiger partial charge in [0.1, 0.15) is 0 Å². The minimum Gasteiger partial charge on any atom is -0.358 e. The molecule has 2 rings (SSSR count). The van der Waals surface area contributed by atoms with Crippen molar-refractivity contribution < 1.29 is 0 Å². The van der Waals surface area contributed by atoms with Crippen LogP contribution in [0.1, 0.15) is 28.8 Å². The average Bonchev–Trinajstić information content (AvgIpc) is 2.53. The first-order valence-electron chi connectivity index (χ1n) is 5.92. The number of nitrogens with two attached hydrogens (primary N) is 1. The molecule has 0 bridgehead atoms. The zero-order valence-corrected chi connectivity index (χ0v) is 10.4. The fourth-order valence-electron chi connectivity index (χ4n) is 2.44. The Morgan fingerprint density at radius 1 is 1.19 bits per heavy atom. The number of nitrogens with one attached hydrogen (secondary N) is 1. The Labute approximate surface area is 96.9 Å². The SMILES string of the molecule is Cc1cc(C)c2[nH]c(C)c(CCCN)c2c1. The third-order valence-corrected chi connectivity index (χ3v) is 3.20. The summed E-state index contributed by atoms with van der Waals surface area (Å²) in [4.78, 5) is 3.49. The molecule has 0 amide bonds. The molecular formula is C14H20N2. The van der Waals surface area contributed by atoms with Crippen molar-refractivity contribution in [2.45, 2.75) is 33.6 Å². The number of aromatic nitrogens is 1. The first-order valence-corrected chi connectivity index (χ1v) is 5.92. The third-order valence-electron chi connectivity index (χ3n) is 3.20. The quantitative estimate of drug-likeness (QED) is 0.813. The summed E-state index contributed by atoms with van der Waals surface area (Å²) >= 11 is 0. The Bertz CT molecular complexity index is 509. The minimum atomic E-state index is 0.761. The highest BCUT2D eigenvalue weighted by Crippen LogP contribution is 2.27. The highest BCUT2D eigenvalue weighted by atomic mass is 14.7. The standard InChI is InChI=1S/C14H20N2/c1-9-7-10(2)14-13(8-9)12(5-4-6-15)11(3)16-14/h7-8,16H,4-6,15H2,1-3H3. The van der Waals surface area contributed by atoms with Gasteiger partial charge >= 0.3 is 0 Å². The molecule has 86 valence electrons. The van der Waals surface area contributed by atoms with Gasteiger partial charge in [0.15, 0.2) is 0 Å². The molecule has 0 saturated carbocycles. The molecule has 2 nitrogen and oxygen atoms in total. The monoisotopic (exact) mass is 216 g/mol. The first-order chi connectivity index (χ1) is 7.63. The van der Waals surface area contributed by atoms with E-state index in [1.807, 2.05) is 0 Å². The molecule has 1 aromatic heterocycles. The molecule has 0 saturated heterocycles. The van der Waals surface area contributed by atoms with Gasteiger partial charge in [-0.2, -0.15) is 0 Å². The molecule has 0 atom stereocenters. The van der Waals surface area contributed by atoms with Gasteiger partial charge < -0.3 is 10.7 Å². The summed E-state index contributed by atoms with van der Waals surface area (Å²) in [6.45, 7) is 7.23. The summed E-state index contributed by atoms with van der Waals surface area (Å²) in [5.74, 6) is 0. The van der Waals surface area contributed by atoms with E-state index in [4.69, 9.17) is 5.73 Å². The van der Waals surface area contributed by atoms with Crippen LogP contribution in [0.2, 0.25) is 0 Å². The lowest BCUT2D eigenvalue weighted by Crippen LogP contribution is -2.00. The summed E-state index contributed by atoms with van der Waals surface area (Å²) in [6, 6.07) is 4.50. The fourth-order valence-corrected chi connectivity index (χ4v) is 2.44. The maximum atomic E-state index is 5.59. The maximum Gasteiger partial charge on any atom is 0.0488 e. The third kappa shape index (κ3) is 1.85. The second-order valence-electron chi connectivity index (χ2n) is 4.63. The maximum absolute atomic E-state index is 5.59. The van der Waals surface area contributed by atoms with E-state index in [0.29, 0.717) is 0 Å². The van der Waals surface area contributed by atoms with Crippen molar-refractivity contribution in [3.8, 4) is 0 Å². The van der Waals surface area contributed by atoms with Crippen LogP contribution in [0, 0.1) is 20.8 Å². The highest BCUT2D eigenvalue weighted by molar-refractivity contribution is 5.87. The van der Waals surface area contributed by atoms with Crippen LogP contribution in [0.3, 0.4) is 0 Å². The smallest absolute Gasteiger partial charge is 0.0488 e. The predicted molar refractivity (Wildman–Crippen MR) is 69.9 cm³/mol. The van der Waals surface area contributed by atoms with Crippen molar-refractivity contribution in [1.29, 1.82) is 0 Å². The van der Waals surface area contributed by atoms with E-state index in [9.17, 15) is 0 Å². The van der Waals surface area contributed by atoms with E-state index in [2.05, 4.69) is 37.9 Å². The second kappa shape index (κ2) is 4.30. The number of aromatic amines is 1. The van der Waals surface area contributed by atoms with Gasteiger partial charge in [0, 0.05) is 16.6 Å². The number of rotatable bonds is 3. The Hall–Kier alpha value is -1.28. The molecule has 1 heterocycles. The Kier molecular flexibility index (Phi) is 3.01. The highest BCUT2D eigenvalue weighted by Gasteiger charge is 2.09. The van der Waals surface area contributed by atoms with Gasteiger partial charge in [0.2, 0.25) is 0 Å². The van der Waals surface area contributed by atoms with Gasteiger partial charge in [-0.25, -0.2) is 0 Å². The van der Waals surface area contributed by atoms with Crippen LogP contribution in [0.5, 0.6) is 0 Å². The van der Waals surface area contributed by atoms with E-state index in [-0.39, 0.29) is 0 Å². The van der Waals surface area contributed by atoms with Crippen molar-refractivity contribution in [2.75, 3.05) is 6.54 Å². The van der Waals surface area contributed by atoms with Crippen LogP contribution in [0.25, 0.3) is 10.9 Å². The molecule has 2 aromatic rings. The molecule has 0 radical (unpaired) electrons. The van der Waals surface area contributed by atoms with Crippen LogP contribution in [0.15, 0.2) is 12.1 Å². The van der Waals surface area contributed by atoms with E-state index < -0.39 is 0 Å². The molecule has 3 N–H and O–H groups in total. The van der Waals surface area contributed by atoms with Gasteiger partial charge in [-0.05, 0) is 57.4 Å². The van der Waals surface area contributed by atoms with Gasteiger partial charge in [0.05, 0.1) is 0 Å². The lowest BCUT2D eigenvalue weighted by atomic mass is 10.0. The molecule has 1 aromatic carbocycles. The van der Waals surface area contributed by atoms with E-state index in [1.54, 1.807) is 0 Å². The number of H-pyrrole nitrogens is 1. The lowest BCUT2D eigenvalue weighted by molar-refractivity contribution is 0.831. The molecule has 16 heavy (non-hydrogen) atoms. The number of aryl methyl sites for hydroxylation is 4. The molecule has 2 heteroatoms. The molecule has 0 aliphatic carbocycles. The zero-order valence-electron chi connectivity index (χ0n) is 10.4. The summed E-state index contributed by atoms with van der Waals surface area (Å²) in [6.07, 6.45) is 2.13. The second-order valence-corrected chi connectivity index (χ2v) is 4.63. The molecule has 0 aliphatic rings. The molecule has 0 fully saturated rings. The lowest BCUT2D eigenvalue weighted by Gasteiger charge is -2.02. The van der Waals surface area contributed by atoms with Gasteiger partial charge in [-0.3, -0.25) is 0 Å². The average molecular weight is 216 g/mol. The largest absolute Gasteiger partial charge is 0.358 e. The summed E-state index contributed by atoms with van der Waals surface area (Å²) in [5, 5.41) is 1.38. The summed E-state index contributed by atoms with van der Waals surface area (Å²) in [5.41, 5.74) is 12.3. The van der Waals surface area contributed by atoms with Gasteiger partial charge in [-0.15, -0.1) is 0 Å².